The second-order valence-electron chi connectivity index (χ2n) is 5.90. The Morgan fingerprint density at radius 2 is 1.96 bits per heavy atom. The lowest BCUT2D eigenvalue weighted by atomic mass is 10.1. The molecule has 1 N–H and O–H groups in total. The lowest BCUT2D eigenvalue weighted by Gasteiger charge is -2.14. The highest BCUT2D eigenvalue weighted by Crippen LogP contribution is 2.10. The molecular weight excluding hydrogens is 310 g/mol. The third-order valence-corrected chi connectivity index (χ3v) is 3.95. The van der Waals surface area contributed by atoms with Crippen LogP contribution in [-0.2, 0) is 17.9 Å². The normalized spacial score (nSPS) is 10.8. The molecule has 0 radical (unpaired) electrons. The van der Waals surface area contributed by atoms with E-state index in [1.807, 2.05) is 24.3 Å². The van der Waals surface area contributed by atoms with E-state index in [0.29, 0.717) is 12.1 Å². The Bertz CT molecular complexity index is 790. The molecule has 0 saturated carbocycles. The van der Waals surface area contributed by atoms with E-state index < -0.39 is 0 Å². The SMILES string of the molecule is CCN(C)Cc1cccc(CNC(=O)/C=C/c2ccccc2C#N)c1. The molecule has 2 rings (SSSR count). The summed E-state index contributed by atoms with van der Waals surface area (Å²) in [5, 5.41) is 11.9. The van der Waals surface area contributed by atoms with Gasteiger partial charge >= 0.3 is 0 Å². The Hall–Kier alpha value is -2.90. The van der Waals surface area contributed by atoms with Crippen molar-refractivity contribution in [2.24, 2.45) is 0 Å². The van der Waals surface area contributed by atoms with Gasteiger partial charge in [-0.05, 0) is 42.4 Å². The summed E-state index contributed by atoms with van der Waals surface area (Å²) in [6, 6.07) is 17.5. The van der Waals surface area contributed by atoms with E-state index in [1.165, 1.54) is 11.6 Å². The van der Waals surface area contributed by atoms with Gasteiger partial charge in [-0.1, -0.05) is 49.4 Å². The van der Waals surface area contributed by atoms with Crippen molar-refractivity contribution in [2.75, 3.05) is 13.6 Å². The van der Waals surface area contributed by atoms with Gasteiger partial charge < -0.3 is 10.2 Å². The molecule has 0 aliphatic heterocycles. The van der Waals surface area contributed by atoms with Crippen LogP contribution in [0.25, 0.3) is 6.08 Å². The maximum atomic E-state index is 12.0. The third-order valence-electron chi connectivity index (χ3n) is 3.95. The molecule has 25 heavy (non-hydrogen) atoms. The molecule has 0 bridgehead atoms. The van der Waals surface area contributed by atoms with Crippen LogP contribution < -0.4 is 5.32 Å². The van der Waals surface area contributed by atoms with Crippen molar-refractivity contribution in [3.63, 3.8) is 0 Å². The predicted molar refractivity (Wildman–Crippen MR) is 100 cm³/mol. The molecule has 1 amide bonds. The smallest absolute Gasteiger partial charge is 0.244 e. The number of amides is 1. The Morgan fingerprint density at radius 3 is 2.72 bits per heavy atom. The number of hydrogen-bond donors (Lipinski definition) is 1. The minimum Gasteiger partial charge on any atom is -0.348 e. The third kappa shape index (κ3) is 5.91. The Morgan fingerprint density at radius 1 is 1.20 bits per heavy atom. The number of carbonyl (C=O) groups excluding carboxylic acids is 1. The van der Waals surface area contributed by atoms with Gasteiger partial charge in [-0.2, -0.15) is 5.26 Å². The van der Waals surface area contributed by atoms with Crippen LogP contribution in [0, 0.1) is 11.3 Å². The van der Waals surface area contributed by atoms with E-state index in [0.717, 1.165) is 24.2 Å². The maximum Gasteiger partial charge on any atom is 0.244 e. The first-order chi connectivity index (χ1) is 12.1. The zero-order chi connectivity index (χ0) is 18.1. The van der Waals surface area contributed by atoms with Crippen LogP contribution in [0.4, 0.5) is 0 Å². The summed E-state index contributed by atoms with van der Waals surface area (Å²) in [5.41, 5.74) is 3.60. The van der Waals surface area contributed by atoms with Gasteiger partial charge in [0.05, 0.1) is 11.6 Å². The second-order valence-corrected chi connectivity index (χ2v) is 5.90. The molecule has 0 unspecified atom stereocenters. The summed E-state index contributed by atoms with van der Waals surface area (Å²) in [6.45, 7) is 4.49. The molecule has 0 spiro atoms. The van der Waals surface area contributed by atoms with Crippen LogP contribution in [0.2, 0.25) is 0 Å². The van der Waals surface area contributed by atoms with Crippen molar-refractivity contribution >= 4 is 12.0 Å². The van der Waals surface area contributed by atoms with Crippen LogP contribution in [0.5, 0.6) is 0 Å². The van der Waals surface area contributed by atoms with Gasteiger partial charge in [-0.3, -0.25) is 4.79 Å². The van der Waals surface area contributed by atoms with Gasteiger partial charge in [-0.25, -0.2) is 0 Å². The molecule has 128 valence electrons. The summed E-state index contributed by atoms with van der Waals surface area (Å²) in [5.74, 6) is -0.177. The Labute approximate surface area is 149 Å². The molecule has 4 nitrogen and oxygen atoms in total. The number of nitriles is 1. The molecule has 0 heterocycles. The second kappa shape index (κ2) is 9.41. The number of hydrogen-bond acceptors (Lipinski definition) is 3. The summed E-state index contributed by atoms with van der Waals surface area (Å²) in [7, 11) is 2.08. The van der Waals surface area contributed by atoms with E-state index in [2.05, 4.69) is 42.4 Å². The van der Waals surface area contributed by atoms with E-state index in [-0.39, 0.29) is 5.91 Å². The number of carbonyl (C=O) groups is 1. The van der Waals surface area contributed by atoms with Gasteiger partial charge in [0.1, 0.15) is 0 Å². The lowest BCUT2D eigenvalue weighted by molar-refractivity contribution is -0.116. The fraction of sp³-hybridized carbons (Fsp3) is 0.238. The van der Waals surface area contributed by atoms with E-state index in [1.54, 1.807) is 18.2 Å². The van der Waals surface area contributed by atoms with Gasteiger partial charge in [0.2, 0.25) is 5.91 Å². The Kier molecular flexibility index (Phi) is 6.94. The monoisotopic (exact) mass is 333 g/mol. The number of rotatable bonds is 7. The number of nitrogens with zero attached hydrogens (tertiary/aromatic N) is 2. The summed E-state index contributed by atoms with van der Waals surface area (Å²) < 4.78 is 0. The molecule has 2 aromatic rings. The summed E-state index contributed by atoms with van der Waals surface area (Å²) >= 11 is 0. The van der Waals surface area contributed by atoms with Gasteiger partial charge in [-0.15, -0.1) is 0 Å². The summed E-state index contributed by atoms with van der Waals surface area (Å²) in [6.07, 6.45) is 3.13. The van der Waals surface area contributed by atoms with Gasteiger partial charge in [0.25, 0.3) is 0 Å². The lowest BCUT2D eigenvalue weighted by Crippen LogP contribution is -2.20. The number of nitrogens with one attached hydrogen (secondary N) is 1. The zero-order valence-electron chi connectivity index (χ0n) is 14.7. The van der Waals surface area contributed by atoms with Crippen molar-refractivity contribution in [3.05, 3.63) is 76.9 Å². The molecular formula is C21H23N3O. The topological polar surface area (TPSA) is 56.1 Å². The predicted octanol–water partition coefficient (Wildman–Crippen LogP) is 3.34. The van der Waals surface area contributed by atoms with Crippen LogP contribution >= 0.6 is 0 Å². The first-order valence-electron chi connectivity index (χ1n) is 8.33. The van der Waals surface area contributed by atoms with E-state index in [4.69, 9.17) is 5.26 Å². The van der Waals surface area contributed by atoms with Crippen molar-refractivity contribution < 1.29 is 4.79 Å². The van der Waals surface area contributed by atoms with Crippen molar-refractivity contribution in [3.8, 4) is 6.07 Å². The van der Waals surface area contributed by atoms with Gasteiger partial charge in [0, 0.05) is 19.2 Å². The molecule has 0 atom stereocenters. The van der Waals surface area contributed by atoms with Crippen LogP contribution in [0.15, 0.2) is 54.6 Å². The van der Waals surface area contributed by atoms with Crippen molar-refractivity contribution in [1.82, 2.24) is 10.2 Å². The van der Waals surface area contributed by atoms with Gasteiger partial charge in [0.15, 0.2) is 0 Å². The number of benzene rings is 2. The zero-order valence-corrected chi connectivity index (χ0v) is 14.7. The highest BCUT2D eigenvalue weighted by Gasteiger charge is 2.02. The standard InChI is InChI=1S/C21H23N3O/c1-3-24(2)16-18-8-6-7-17(13-18)15-23-21(25)12-11-19-9-4-5-10-20(19)14-22/h4-13H,3,15-16H2,1-2H3,(H,23,25)/b12-11+. The average Bonchev–Trinajstić information content (AvgIpc) is 2.65. The largest absolute Gasteiger partial charge is 0.348 e. The first-order valence-corrected chi connectivity index (χ1v) is 8.33. The quantitative estimate of drug-likeness (QED) is 0.791. The van der Waals surface area contributed by atoms with Crippen LogP contribution in [0.3, 0.4) is 0 Å². The van der Waals surface area contributed by atoms with Crippen LogP contribution in [-0.4, -0.2) is 24.4 Å². The summed E-state index contributed by atoms with van der Waals surface area (Å²) in [4.78, 5) is 14.2. The molecule has 2 aromatic carbocycles. The van der Waals surface area contributed by atoms with E-state index >= 15 is 0 Å². The fourth-order valence-electron chi connectivity index (χ4n) is 2.42. The first kappa shape index (κ1) is 18.4. The maximum absolute atomic E-state index is 12.0. The Balaban J connectivity index is 1.93. The molecule has 0 fully saturated rings. The molecule has 0 aromatic heterocycles. The van der Waals surface area contributed by atoms with Crippen molar-refractivity contribution in [2.45, 2.75) is 20.0 Å². The molecule has 4 heteroatoms. The fourth-order valence-corrected chi connectivity index (χ4v) is 2.42. The average molecular weight is 333 g/mol. The van der Waals surface area contributed by atoms with E-state index in [9.17, 15) is 4.79 Å². The minimum atomic E-state index is -0.177. The van der Waals surface area contributed by atoms with Crippen molar-refractivity contribution in [1.29, 1.82) is 5.26 Å². The highest BCUT2D eigenvalue weighted by atomic mass is 16.1. The molecule has 0 saturated heterocycles. The molecule has 0 aliphatic rings. The minimum absolute atomic E-state index is 0.177. The highest BCUT2D eigenvalue weighted by molar-refractivity contribution is 5.92. The molecule has 0 aliphatic carbocycles. The van der Waals surface area contributed by atoms with Crippen LogP contribution in [0.1, 0.15) is 29.2 Å².